The maximum atomic E-state index is 13.4. The summed E-state index contributed by atoms with van der Waals surface area (Å²) < 4.78 is 26.5. The molecule has 7 heteroatoms. The average molecular weight is 365 g/mol. The number of hydrogen-bond acceptors (Lipinski definition) is 4. The van der Waals surface area contributed by atoms with E-state index in [2.05, 4.69) is 24.0 Å². The molecule has 1 atom stereocenters. The summed E-state index contributed by atoms with van der Waals surface area (Å²) in [4.78, 5) is 14.3. The minimum atomic E-state index is -0.998. The normalized spacial score (nSPS) is 18.0. The van der Waals surface area contributed by atoms with Crippen LogP contribution < -0.4 is 0 Å². The molecule has 0 spiro atoms. The molecule has 0 radical (unpaired) electrons. The molecule has 1 amide bonds. The quantitative estimate of drug-likeness (QED) is 0.822. The molecule has 1 saturated heterocycles. The number of likely N-dealkylation sites (tertiary alicyclic amines) is 1. The number of halogens is 2. The van der Waals surface area contributed by atoms with Crippen molar-refractivity contribution in [3.05, 3.63) is 45.4 Å². The van der Waals surface area contributed by atoms with Crippen molar-refractivity contribution >= 4 is 17.2 Å². The Kier molecular flexibility index (Phi) is 5.42. The third-order valence-electron chi connectivity index (χ3n) is 4.29. The van der Waals surface area contributed by atoms with Crippen LogP contribution >= 0.6 is 11.3 Å². The fraction of sp³-hybridized carbons (Fsp3) is 0.500. The number of hydrogen-bond donors (Lipinski definition) is 0. The zero-order valence-electron chi connectivity index (χ0n) is 14.3. The lowest BCUT2D eigenvalue weighted by molar-refractivity contribution is 0.0706. The van der Waals surface area contributed by atoms with Crippen molar-refractivity contribution in [3.8, 4) is 0 Å². The van der Waals surface area contributed by atoms with Crippen molar-refractivity contribution in [2.45, 2.75) is 39.0 Å². The third kappa shape index (κ3) is 4.21. The van der Waals surface area contributed by atoms with E-state index in [0.29, 0.717) is 19.0 Å². The highest BCUT2D eigenvalue weighted by Gasteiger charge is 2.28. The van der Waals surface area contributed by atoms with Gasteiger partial charge in [-0.05, 0) is 37.0 Å². The van der Waals surface area contributed by atoms with Crippen molar-refractivity contribution in [1.29, 1.82) is 0 Å². The second-order valence-electron chi connectivity index (χ2n) is 6.85. The minimum absolute atomic E-state index is 0.154. The molecule has 25 heavy (non-hydrogen) atoms. The predicted molar refractivity (Wildman–Crippen MR) is 92.7 cm³/mol. The Morgan fingerprint density at radius 3 is 2.84 bits per heavy atom. The van der Waals surface area contributed by atoms with Crippen LogP contribution in [0.1, 0.15) is 53.0 Å². The van der Waals surface area contributed by atoms with Crippen LogP contribution in [0, 0.1) is 17.6 Å². The van der Waals surface area contributed by atoms with Crippen molar-refractivity contribution in [2.75, 3.05) is 13.1 Å². The summed E-state index contributed by atoms with van der Waals surface area (Å²) in [5, 5.41) is 10.5. The van der Waals surface area contributed by atoms with Gasteiger partial charge in [-0.1, -0.05) is 13.8 Å². The topological polar surface area (TPSA) is 46.1 Å². The number of carbonyl (C=O) groups excluding carboxylic acids is 1. The lowest BCUT2D eigenvalue weighted by atomic mass is 9.98. The molecule has 1 aromatic carbocycles. The van der Waals surface area contributed by atoms with Gasteiger partial charge in [-0.15, -0.1) is 21.5 Å². The fourth-order valence-corrected chi connectivity index (χ4v) is 4.22. The number of carbonyl (C=O) groups is 1. The molecule has 2 aromatic rings. The highest BCUT2D eigenvalue weighted by molar-refractivity contribution is 7.11. The summed E-state index contributed by atoms with van der Waals surface area (Å²) in [6.45, 7) is 5.44. The number of piperidine rings is 1. The van der Waals surface area contributed by atoms with E-state index >= 15 is 0 Å². The number of aromatic nitrogens is 2. The highest BCUT2D eigenvalue weighted by Crippen LogP contribution is 2.30. The number of nitrogens with zero attached hydrogens (tertiary/aromatic N) is 3. The number of benzene rings is 1. The summed E-state index contributed by atoms with van der Waals surface area (Å²) in [5.41, 5.74) is 0.178. The molecular formula is C18H21F2N3OS. The zero-order valence-corrected chi connectivity index (χ0v) is 15.2. The van der Waals surface area contributed by atoms with Crippen LogP contribution in [0.25, 0.3) is 0 Å². The van der Waals surface area contributed by atoms with Crippen molar-refractivity contribution in [3.63, 3.8) is 0 Å². The van der Waals surface area contributed by atoms with Gasteiger partial charge in [0.05, 0.1) is 0 Å². The van der Waals surface area contributed by atoms with Gasteiger partial charge in [-0.2, -0.15) is 0 Å². The van der Waals surface area contributed by atoms with Gasteiger partial charge in [0.1, 0.15) is 10.0 Å². The summed E-state index contributed by atoms with van der Waals surface area (Å²) >= 11 is 1.61. The van der Waals surface area contributed by atoms with E-state index in [1.54, 1.807) is 16.2 Å². The van der Waals surface area contributed by atoms with Crippen molar-refractivity contribution < 1.29 is 13.6 Å². The molecule has 1 unspecified atom stereocenters. The monoisotopic (exact) mass is 365 g/mol. The van der Waals surface area contributed by atoms with Crippen LogP contribution in [0.4, 0.5) is 8.78 Å². The third-order valence-corrected chi connectivity index (χ3v) is 5.40. The van der Waals surface area contributed by atoms with E-state index in [-0.39, 0.29) is 17.4 Å². The van der Waals surface area contributed by atoms with E-state index in [9.17, 15) is 13.6 Å². The minimum Gasteiger partial charge on any atom is -0.338 e. The molecule has 1 aromatic heterocycles. The van der Waals surface area contributed by atoms with E-state index < -0.39 is 11.6 Å². The first-order valence-electron chi connectivity index (χ1n) is 8.50. The molecule has 0 aliphatic carbocycles. The molecule has 0 N–H and O–H groups in total. The van der Waals surface area contributed by atoms with Crippen molar-refractivity contribution in [2.24, 2.45) is 5.92 Å². The zero-order chi connectivity index (χ0) is 18.0. The Balaban J connectivity index is 1.71. The summed E-state index contributed by atoms with van der Waals surface area (Å²) in [5.74, 6) is -1.53. The molecule has 1 aliphatic heterocycles. The Hall–Kier alpha value is -1.89. The maximum absolute atomic E-state index is 13.4. The van der Waals surface area contributed by atoms with Gasteiger partial charge in [0.25, 0.3) is 5.91 Å². The summed E-state index contributed by atoms with van der Waals surface area (Å²) in [6.07, 6.45) is 2.72. The van der Waals surface area contributed by atoms with Crippen molar-refractivity contribution in [1.82, 2.24) is 15.1 Å². The van der Waals surface area contributed by atoms with Gasteiger partial charge in [0, 0.05) is 31.0 Å². The van der Waals surface area contributed by atoms with E-state index in [1.807, 2.05) is 0 Å². The second-order valence-corrected chi connectivity index (χ2v) is 7.94. The lowest BCUT2D eigenvalue weighted by Gasteiger charge is -2.31. The molecule has 0 saturated carbocycles. The molecule has 3 rings (SSSR count). The predicted octanol–water partition coefficient (Wildman–Crippen LogP) is 4.03. The highest BCUT2D eigenvalue weighted by atomic mass is 32.1. The lowest BCUT2D eigenvalue weighted by Crippen LogP contribution is -2.39. The Morgan fingerprint density at radius 2 is 2.12 bits per heavy atom. The van der Waals surface area contributed by atoms with Gasteiger partial charge >= 0.3 is 0 Å². The molecule has 134 valence electrons. The van der Waals surface area contributed by atoms with Crippen LogP contribution in [-0.2, 0) is 6.42 Å². The van der Waals surface area contributed by atoms with Crippen LogP contribution in [-0.4, -0.2) is 34.1 Å². The SMILES string of the molecule is CC(C)Cc1nnc(C2CCCN(C(=O)c3ccc(F)c(F)c3)C2)s1. The molecule has 1 fully saturated rings. The largest absolute Gasteiger partial charge is 0.338 e. The van der Waals surface area contributed by atoms with E-state index in [4.69, 9.17) is 0 Å². The van der Waals surface area contributed by atoms with E-state index in [1.165, 1.54) is 6.07 Å². The average Bonchev–Trinajstić information content (AvgIpc) is 3.04. The van der Waals surface area contributed by atoms with Gasteiger partial charge in [0.15, 0.2) is 11.6 Å². The van der Waals surface area contributed by atoms with Crippen LogP contribution in [0.2, 0.25) is 0 Å². The molecule has 4 nitrogen and oxygen atoms in total. The van der Waals surface area contributed by atoms with Gasteiger partial charge in [-0.3, -0.25) is 4.79 Å². The molecule has 2 heterocycles. The Morgan fingerprint density at radius 1 is 1.32 bits per heavy atom. The number of rotatable bonds is 4. The van der Waals surface area contributed by atoms with Gasteiger partial charge < -0.3 is 4.90 Å². The first-order chi connectivity index (χ1) is 11.9. The summed E-state index contributed by atoms with van der Waals surface area (Å²) in [6, 6.07) is 3.29. The number of amides is 1. The smallest absolute Gasteiger partial charge is 0.253 e. The Bertz CT molecular complexity index is 763. The standard InChI is InChI=1S/C18H21F2N3OS/c1-11(2)8-16-21-22-17(25-16)13-4-3-7-23(10-13)18(24)12-5-6-14(19)15(20)9-12/h5-6,9,11,13H,3-4,7-8,10H2,1-2H3. The summed E-state index contributed by atoms with van der Waals surface area (Å²) in [7, 11) is 0. The second kappa shape index (κ2) is 7.56. The molecule has 1 aliphatic rings. The Labute approximate surface area is 149 Å². The first kappa shape index (κ1) is 17.9. The fourth-order valence-electron chi connectivity index (χ4n) is 3.04. The van der Waals surface area contributed by atoms with E-state index in [0.717, 1.165) is 41.4 Å². The molecule has 0 bridgehead atoms. The maximum Gasteiger partial charge on any atom is 0.253 e. The van der Waals surface area contributed by atoms with Gasteiger partial charge in [-0.25, -0.2) is 8.78 Å². The molecular weight excluding hydrogens is 344 g/mol. The first-order valence-corrected chi connectivity index (χ1v) is 9.32. The van der Waals surface area contributed by atoms with Gasteiger partial charge in [0.2, 0.25) is 0 Å². The van der Waals surface area contributed by atoms with Crippen LogP contribution in [0.3, 0.4) is 0 Å². The van der Waals surface area contributed by atoms with Crippen LogP contribution in [0.5, 0.6) is 0 Å². The van der Waals surface area contributed by atoms with Crippen LogP contribution in [0.15, 0.2) is 18.2 Å².